The Hall–Kier alpha value is -1.05. The van der Waals surface area contributed by atoms with Crippen LogP contribution in [0.2, 0.25) is 0 Å². The molecule has 0 amide bonds. The van der Waals surface area contributed by atoms with Crippen LogP contribution in [0.1, 0.15) is 12.8 Å². The molecule has 0 spiro atoms. The summed E-state index contributed by atoms with van der Waals surface area (Å²) in [5.41, 5.74) is 5.44. The van der Waals surface area contributed by atoms with Crippen molar-refractivity contribution in [2.24, 2.45) is 0 Å². The standard InChI is InChI=1S/C8H9BrF3N3O/c9-5-6(13)14-4-15-7(5)16-3-1-2-8(10,11)12/h4H,1-3H2,(H2,13,14,15). The highest BCUT2D eigenvalue weighted by Gasteiger charge is 2.26. The van der Waals surface area contributed by atoms with E-state index >= 15 is 0 Å². The second kappa shape index (κ2) is 5.33. The zero-order valence-corrected chi connectivity index (χ0v) is 9.68. The van der Waals surface area contributed by atoms with Crippen LogP contribution in [0.25, 0.3) is 0 Å². The van der Waals surface area contributed by atoms with Crippen molar-refractivity contribution in [1.29, 1.82) is 0 Å². The molecule has 90 valence electrons. The van der Waals surface area contributed by atoms with E-state index < -0.39 is 12.6 Å². The SMILES string of the molecule is Nc1ncnc(OCCCC(F)(F)F)c1Br. The molecule has 2 N–H and O–H groups in total. The van der Waals surface area contributed by atoms with E-state index in [9.17, 15) is 13.2 Å². The number of nitrogens with two attached hydrogens (primary N) is 1. The van der Waals surface area contributed by atoms with Crippen molar-refractivity contribution in [3.05, 3.63) is 10.8 Å². The lowest BCUT2D eigenvalue weighted by Crippen LogP contribution is -2.10. The van der Waals surface area contributed by atoms with Crippen molar-refractivity contribution >= 4 is 21.7 Å². The van der Waals surface area contributed by atoms with Gasteiger partial charge in [0.1, 0.15) is 16.6 Å². The van der Waals surface area contributed by atoms with Gasteiger partial charge in [0, 0.05) is 6.42 Å². The summed E-state index contributed by atoms with van der Waals surface area (Å²) in [5.74, 6) is 0.329. The fourth-order valence-corrected chi connectivity index (χ4v) is 1.23. The van der Waals surface area contributed by atoms with Gasteiger partial charge in [-0.05, 0) is 22.4 Å². The normalized spacial score (nSPS) is 11.5. The molecule has 0 atom stereocenters. The molecular weight excluding hydrogens is 291 g/mol. The number of rotatable bonds is 4. The van der Waals surface area contributed by atoms with Gasteiger partial charge in [-0.2, -0.15) is 13.2 Å². The maximum atomic E-state index is 11.8. The first kappa shape index (κ1) is 13.0. The third-order valence-corrected chi connectivity index (χ3v) is 2.37. The van der Waals surface area contributed by atoms with E-state index in [1.54, 1.807) is 0 Å². The van der Waals surface area contributed by atoms with Gasteiger partial charge in [-0.1, -0.05) is 0 Å². The summed E-state index contributed by atoms with van der Waals surface area (Å²) >= 11 is 3.07. The van der Waals surface area contributed by atoms with E-state index in [0.717, 1.165) is 0 Å². The molecule has 0 saturated carbocycles. The minimum atomic E-state index is -4.16. The Morgan fingerprint density at radius 2 is 2.06 bits per heavy atom. The quantitative estimate of drug-likeness (QED) is 0.868. The van der Waals surface area contributed by atoms with Crippen LogP contribution in [0.15, 0.2) is 10.8 Å². The largest absolute Gasteiger partial charge is 0.477 e. The van der Waals surface area contributed by atoms with Crippen molar-refractivity contribution in [2.45, 2.75) is 19.0 Å². The molecule has 8 heteroatoms. The van der Waals surface area contributed by atoms with Gasteiger partial charge < -0.3 is 10.5 Å². The Labute approximate surface area is 98.1 Å². The Bertz CT molecular complexity index is 359. The van der Waals surface area contributed by atoms with Crippen molar-refractivity contribution in [3.63, 3.8) is 0 Å². The Morgan fingerprint density at radius 1 is 1.38 bits per heavy atom. The van der Waals surface area contributed by atoms with Gasteiger partial charge in [0.05, 0.1) is 6.61 Å². The molecule has 0 radical (unpaired) electrons. The van der Waals surface area contributed by atoms with Crippen LogP contribution < -0.4 is 10.5 Å². The van der Waals surface area contributed by atoms with Gasteiger partial charge in [0.15, 0.2) is 0 Å². The van der Waals surface area contributed by atoms with E-state index in [4.69, 9.17) is 10.5 Å². The lowest BCUT2D eigenvalue weighted by molar-refractivity contribution is -0.136. The third-order valence-electron chi connectivity index (χ3n) is 1.63. The topological polar surface area (TPSA) is 61.0 Å². The molecule has 4 nitrogen and oxygen atoms in total. The number of hydrogen-bond donors (Lipinski definition) is 1. The number of nitrogens with zero attached hydrogens (tertiary/aromatic N) is 2. The van der Waals surface area contributed by atoms with Crippen LogP contribution in [0.5, 0.6) is 5.88 Å². The van der Waals surface area contributed by atoms with Crippen LogP contribution in [0.4, 0.5) is 19.0 Å². The number of halogens is 4. The molecule has 0 unspecified atom stereocenters. The molecule has 1 rings (SSSR count). The van der Waals surface area contributed by atoms with Gasteiger partial charge in [-0.15, -0.1) is 0 Å². The first-order valence-corrected chi connectivity index (χ1v) is 5.15. The van der Waals surface area contributed by atoms with Crippen molar-refractivity contribution in [3.8, 4) is 5.88 Å². The van der Waals surface area contributed by atoms with Crippen molar-refractivity contribution in [2.75, 3.05) is 12.3 Å². The summed E-state index contributed by atoms with van der Waals surface area (Å²) in [7, 11) is 0. The molecule has 0 fully saturated rings. The molecule has 0 saturated heterocycles. The third kappa shape index (κ3) is 4.21. The van der Waals surface area contributed by atoms with Crippen LogP contribution >= 0.6 is 15.9 Å². The predicted molar refractivity (Wildman–Crippen MR) is 54.9 cm³/mol. The average Bonchev–Trinajstić information content (AvgIpc) is 2.17. The van der Waals surface area contributed by atoms with Crippen LogP contribution in [0.3, 0.4) is 0 Å². The number of nitrogen functional groups attached to an aromatic ring is 1. The van der Waals surface area contributed by atoms with Gasteiger partial charge in [0.25, 0.3) is 0 Å². The zero-order chi connectivity index (χ0) is 12.2. The van der Waals surface area contributed by atoms with E-state index in [-0.39, 0.29) is 24.7 Å². The minimum Gasteiger partial charge on any atom is -0.477 e. The summed E-state index contributed by atoms with van der Waals surface area (Å²) in [6.45, 7) is -0.0748. The molecule has 0 aliphatic carbocycles. The first-order chi connectivity index (χ1) is 7.40. The molecule has 1 aromatic rings. The van der Waals surface area contributed by atoms with Crippen LogP contribution in [-0.4, -0.2) is 22.8 Å². The first-order valence-electron chi connectivity index (χ1n) is 4.35. The number of alkyl halides is 3. The molecule has 1 aromatic heterocycles. The number of ether oxygens (including phenoxy) is 1. The monoisotopic (exact) mass is 299 g/mol. The Balaban J connectivity index is 2.41. The highest BCUT2D eigenvalue weighted by Crippen LogP contribution is 2.27. The average molecular weight is 300 g/mol. The van der Waals surface area contributed by atoms with E-state index in [0.29, 0.717) is 4.47 Å². The van der Waals surface area contributed by atoms with Gasteiger partial charge >= 0.3 is 6.18 Å². The lowest BCUT2D eigenvalue weighted by atomic mass is 10.3. The van der Waals surface area contributed by atoms with Gasteiger partial charge in [0.2, 0.25) is 5.88 Å². The summed E-state index contributed by atoms with van der Waals surface area (Å²) in [6.07, 6.45) is -3.99. The predicted octanol–water partition coefficient (Wildman–Crippen LogP) is 2.54. The highest BCUT2D eigenvalue weighted by molar-refractivity contribution is 9.10. The van der Waals surface area contributed by atoms with Gasteiger partial charge in [-0.25, -0.2) is 9.97 Å². The maximum absolute atomic E-state index is 11.8. The number of hydrogen-bond acceptors (Lipinski definition) is 4. The molecule has 0 aromatic carbocycles. The fraction of sp³-hybridized carbons (Fsp3) is 0.500. The number of anilines is 1. The summed E-state index contributed by atoms with van der Waals surface area (Å²) < 4.78 is 40.8. The fourth-order valence-electron chi connectivity index (χ4n) is 0.908. The second-order valence-electron chi connectivity index (χ2n) is 2.95. The summed E-state index contributed by atoms with van der Waals surface area (Å²) in [4.78, 5) is 7.40. The maximum Gasteiger partial charge on any atom is 0.389 e. The van der Waals surface area contributed by atoms with Crippen LogP contribution in [-0.2, 0) is 0 Å². The molecule has 16 heavy (non-hydrogen) atoms. The van der Waals surface area contributed by atoms with Gasteiger partial charge in [-0.3, -0.25) is 0 Å². The number of aromatic nitrogens is 2. The highest BCUT2D eigenvalue weighted by atomic mass is 79.9. The Kier molecular flexibility index (Phi) is 4.34. The molecule has 0 aliphatic rings. The summed E-state index contributed by atoms with van der Waals surface area (Å²) in [6, 6.07) is 0. The van der Waals surface area contributed by atoms with Crippen LogP contribution in [0, 0.1) is 0 Å². The lowest BCUT2D eigenvalue weighted by Gasteiger charge is -2.08. The Morgan fingerprint density at radius 3 is 2.69 bits per heavy atom. The van der Waals surface area contributed by atoms with E-state index in [1.165, 1.54) is 6.33 Å². The van der Waals surface area contributed by atoms with Crippen molar-refractivity contribution < 1.29 is 17.9 Å². The van der Waals surface area contributed by atoms with E-state index in [1.807, 2.05) is 0 Å². The minimum absolute atomic E-state index is 0.0748. The van der Waals surface area contributed by atoms with Crippen molar-refractivity contribution in [1.82, 2.24) is 9.97 Å². The second-order valence-corrected chi connectivity index (χ2v) is 3.74. The molecule has 0 aliphatic heterocycles. The molecule has 1 heterocycles. The summed E-state index contributed by atoms with van der Waals surface area (Å²) in [5, 5.41) is 0. The molecular formula is C8H9BrF3N3O. The molecule has 0 bridgehead atoms. The smallest absolute Gasteiger partial charge is 0.389 e. The zero-order valence-electron chi connectivity index (χ0n) is 8.09. The van der Waals surface area contributed by atoms with E-state index in [2.05, 4.69) is 25.9 Å².